The first-order chi connectivity index (χ1) is 18.7. The summed E-state index contributed by atoms with van der Waals surface area (Å²) in [5.41, 5.74) is 4.12. The minimum atomic E-state index is -0.144. The van der Waals surface area contributed by atoms with Gasteiger partial charge in [-0.15, -0.1) is 0 Å². The minimum absolute atomic E-state index is 0.0142. The topological polar surface area (TPSA) is 92.0 Å². The highest BCUT2D eigenvalue weighted by molar-refractivity contribution is 5.78. The SMILES string of the molecule is COc1ccc2cc1Oc1cccc(c1)CO[C@H]1CN(Cc3cc(C(C)(C)C)n[nH]3)C[C@@H]1NC(=O)CN(C)C2. The van der Waals surface area contributed by atoms with Gasteiger partial charge in [-0.1, -0.05) is 39.0 Å². The molecule has 9 nitrogen and oxygen atoms in total. The van der Waals surface area contributed by atoms with Crippen LogP contribution in [0.2, 0.25) is 0 Å². The maximum atomic E-state index is 13.1. The molecule has 2 aliphatic heterocycles. The van der Waals surface area contributed by atoms with Crippen LogP contribution in [-0.2, 0) is 34.6 Å². The van der Waals surface area contributed by atoms with Crippen LogP contribution in [0.25, 0.3) is 0 Å². The van der Waals surface area contributed by atoms with Gasteiger partial charge in [0.05, 0.1) is 38.1 Å². The van der Waals surface area contributed by atoms with Crippen molar-refractivity contribution in [3.05, 3.63) is 71.0 Å². The van der Waals surface area contributed by atoms with E-state index in [-0.39, 0.29) is 30.0 Å². The van der Waals surface area contributed by atoms with Gasteiger partial charge in [0.15, 0.2) is 11.5 Å². The largest absolute Gasteiger partial charge is 0.493 e. The molecule has 5 rings (SSSR count). The number of hydrogen-bond donors (Lipinski definition) is 2. The molecule has 9 heteroatoms. The Balaban J connectivity index is 1.36. The highest BCUT2D eigenvalue weighted by atomic mass is 16.5. The highest BCUT2D eigenvalue weighted by Crippen LogP contribution is 2.33. The van der Waals surface area contributed by atoms with Gasteiger partial charge in [0, 0.05) is 37.3 Å². The van der Waals surface area contributed by atoms with Crippen LogP contribution in [-0.4, -0.2) is 71.8 Å². The number of carbonyl (C=O) groups excluding carboxylic acids is 1. The van der Waals surface area contributed by atoms with E-state index in [4.69, 9.17) is 14.2 Å². The van der Waals surface area contributed by atoms with Crippen molar-refractivity contribution < 1.29 is 19.0 Å². The number of fused-ring (bicyclic) bond motifs is 5. The maximum absolute atomic E-state index is 13.1. The van der Waals surface area contributed by atoms with Gasteiger partial charge in [0.2, 0.25) is 5.91 Å². The quantitative estimate of drug-likeness (QED) is 0.529. The lowest BCUT2D eigenvalue weighted by Crippen LogP contribution is -2.47. The number of methoxy groups -OCH3 is 1. The molecule has 2 atom stereocenters. The number of aromatic amines is 1. The fourth-order valence-corrected chi connectivity index (χ4v) is 5.15. The Morgan fingerprint density at radius 2 is 1.92 bits per heavy atom. The molecule has 1 fully saturated rings. The average Bonchev–Trinajstić information content (AvgIpc) is 3.49. The number of carbonyl (C=O) groups is 1. The zero-order valence-corrected chi connectivity index (χ0v) is 23.5. The summed E-state index contributed by atoms with van der Waals surface area (Å²) in [5.74, 6) is 1.99. The van der Waals surface area contributed by atoms with E-state index in [0.29, 0.717) is 37.7 Å². The van der Waals surface area contributed by atoms with Gasteiger partial charge in [0.25, 0.3) is 0 Å². The number of rotatable bonds is 3. The Hall–Kier alpha value is -3.40. The van der Waals surface area contributed by atoms with Gasteiger partial charge < -0.3 is 19.5 Å². The standard InChI is InChI=1S/C30H39N5O4/c1-30(2,3)28-13-22(32-33-28)15-35-16-24-27(17-35)38-19-21-7-6-8-23(11-21)39-26-12-20(9-10-25(26)37-5)14-34(4)18-29(36)31-24/h6-13,24,27H,14-19H2,1-5H3,(H,31,36)(H,32,33)/t24-,27-/m0/s1. The second-order valence-electron chi connectivity index (χ2n) is 11.7. The summed E-state index contributed by atoms with van der Waals surface area (Å²) in [6.07, 6.45) is -0.144. The summed E-state index contributed by atoms with van der Waals surface area (Å²) in [7, 11) is 3.57. The van der Waals surface area contributed by atoms with Gasteiger partial charge in [-0.2, -0.15) is 5.10 Å². The van der Waals surface area contributed by atoms with Crippen molar-refractivity contribution in [3.8, 4) is 17.2 Å². The van der Waals surface area contributed by atoms with E-state index in [1.165, 1.54) is 0 Å². The number of ether oxygens (including phenoxy) is 3. The number of nitrogens with one attached hydrogen (secondary N) is 2. The molecule has 1 aromatic heterocycles. The third-order valence-electron chi connectivity index (χ3n) is 7.17. The molecular weight excluding hydrogens is 494 g/mol. The van der Waals surface area contributed by atoms with Crippen LogP contribution in [0, 0.1) is 0 Å². The molecule has 39 heavy (non-hydrogen) atoms. The Bertz CT molecular complexity index is 1300. The number of nitrogens with zero attached hydrogens (tertiary/aromatic N) is 3. The van der Waals surface area contributed by atoms with E-state index < -0.39 is 0 Å². The van der Waals surface area contributed by atoms with Gasteiger partial charge in [-0.3, -0.25) is 19.7 Å². The molecule has 0 radical (unpaired) electrons. The average molecular weight is 534 g/mol. The molecule has 1 saturated heterocycles. The lowest BCUT2D eigenvalue weighted by atomic mass is 9.92. The summed E-state index contributed by atoms with van der Waals surface area (Å²) in [4.78, 5) is 17.4. The minimum Gasteiger partial charge on any atom is -0.493 e. The second-order valence-corrected chi connectivity index (χ2v) is 11.7. The van der Waals surface area contributed by atoms with E-state index in [1.54, 1.807) is 7.11 Å². The second kappa shape index (κ2) is 11.4. The lowest BCUT2D eigenvalue weighted by Gasteiger charge is -2.23. The number of likely N-dealkylation sites (tertiary alicyclic amines) is 1. The number of benzene rings is 2. The van der Waals surface area contributed by atoms with Crippen molar-refractivity contribution in [2.75, 3.05) is 33.8 Å². The van der Waals surface area contributed by atoms with Crippen LogP contribution in [0.3, 0.4) is 0 Å². The Kier molecular flexibility index (Phi) is 7.93. The Morgan fingerprint density at radius 3 is 2.69 bits per heavy atom. The summed E-state index contributed by atoms with van der Waals surface area (Å²) < 4.78 is 18.2. The van der Waals surface area contributed by atoms with E-state index in [9.17, 15) is 4.79 Å². The Labute approximate surface area is 230 Å². The zero-order valence-electron chi connectivity index (χ0n) is 23.5. The van der Waals surface area contributed by atoms with Gasteiger partial charge in [-0.05, 0) is 48.5 Å². The first-order valence-corrected chi connectivity index (χ1v) is 13.5. The van der Waals surface area contributed by atoms with Crippen LogP contribution in [0.15, 0.2) is 48.5 Å². The van der Waals surface area contributed by atoms with Crippen LogP contribution >= 0.6 is 0 Å². The lowest BCUT2D eigenvalue weighted by molar-refractivity contribution is -0.123. The highest BCUT2D eigenvalue weighted by Gasteiger charge is 2.35. The number of hydrogen-bond acceptors (Lipinski definition) is 7. The van der Waals surface area contributed by atoms with Crippen molar-refractivity contribution >= 4 is 5.91 Å². The molecule has 1 amide bonds. The number of aromatic nitrogens is 2. The first-order valence-electron chi connectivity index (χ1n) is 13.5. The van der Waals surface area contributed by atoms with Crippen molar-refractivity contribution in [2.45, 2.75) is 58.0 Å². The molecule has 0 saturated carbocycles. The van der Waals surface area contributed by atoms with Crippen molar-refractivity contribution in [2.24, 2.45) is 0 Å². The number of likely N-dealkylation sites (N-methyl/N-ethyl adjacent to an activating group) is 1. The third-order valence-corrected chi connectivity index (χ3v) is 7.17. The normalized spacial score (nSPS) is 21.2. The summed E-state index contributed by atoms with van der Waals surface area (Å²) in [6, 6.07) is 15.8. The molecule has 4 bridgehead atoms. The van der Waals surface area contributed by atoms with Crippen LogP contribution in [0.4, 0.5) is 0 Å². The fourth-order valence-electron chi connectivity index (χ4n) is 5.15. The molecule has 3 aromatic rings. The van der Waals surface area contributed by atoms with E-state index in [2.05, 4.69) is 47.3 Å². The van der Waals surface area contributed by atoms with E-state index in [1.807, 2.05) is 54.4 Å². The summed E-state index contributed by atoms with van der Waals surface area (Å²) in [6.45, 7) is 9.89. The zero-order chi connectivity index (χ0) is 27.6. The van der Waals surface area contributed by atoms with Crippen LogP contribution in [0.1, 0.15) is 43.3 Å². The fraction of sp³-hybridized carbons (Fsp3) is 0.467. The van der Waals surface area contributed by atoms with Gasteiger partial charge in [0.1, 0.15) is 5.75 Å². The molecule has 2 aromatic carbocycles. The molecule has 3 heterocycles. The van der Waals surface area contributed by atoms with Crippen molar-refractivity contribution in [3.63, 3.8) is 0 Å². The smallest absolute Gasteiger partial charge is 0.234 e. The Morgan fingerprint density at radius 1 is 1.08 bits per heavy atom. The maximum Gasteiger partial charge on any atom is 0.234 e. The molecule has 0 unspecified atom stereocenters. The summed E-state index contributed by atoms with van der Waals surface area (Å²) in [5, 5.41) is 10.9. The van der Waals surface area contributed by atoms with Crippen LogP contribution in [0.5, 0.6) is 17.2 Å². The molecule has 0 aliphatic carbocycles. The van der Waals surface area contributed by atoms with Crippen molar-refractivity contribution in [1.82, 2.24) is 25.3 Å². The van der Waals surface area contributed by atoms with Crippen LogP contribution < -0.4 is 14.8 Å². The molecule has 0 spiro atoms. The molecule has 208 valence electrons. The molecule has 2 N–H and O–H groups in total. The first kappa shape index (κ1) is 27.2. The summed E-state index contributed by atoms with van der Waals surface area (Å²) >= 11 is 0. The predicted molar refractivity (Wildman–Crippen MR) is 149 cm³/mol. The van der Waals surface area contributed by atoms with Crippen molar-refractivity contribution in [1.29, 1.82) is 0 Å². The van der Waals surface area contributed by atoms with Gasteiger partial charge >= 0.3 is 0 Å². The number of H-pyrrole nitrogens is 1. The van der Waals surface area contributed by atoms with Gasteiger partial charge in [-0.25, -0.2) is 0 Å². The van der Waals surface area contributed by atoms with E-state index >= 15 is 0 Å². The van der Waals surface area contributed by atoms with E-state index in [0.717, 1.165) is 34.8 Å². The predicted octanol–water partition coefficient (Wildman–Crippen LogP) is 3.84. The number of amides is 1. The molecular formula is C30H39N5O4. The third kappa shape index (κ3) is 6.79. The monoisotopic (exact) mass is 533 g/mol. The molecule has 2 aliphatic rings.